The SMILES string of the molecule is c1ccc2c(CNCC3(c4ccsc4)COC3)c[nH]c2c1. The smallest absolute Gasteiger partial charge is 0.0598 e. The van der Waals surface area contributed by atoms with Crippen LogP contribution >= 0.6 is 11.3 Å². The van der Waals surface area contributed by atoms with Gasteiger partial charge in [0.15, 0.2) is 0 Å². The van der Waals surface area contributed by atoms with Crippen molar-refractivity contribution in [1.82, 2.24) is 10.3 Å². The lowest BCUT2D eigenvalue weighted by Crippen LogP contribution is -2.53. The first-order valence-electron chi connectivity index (χ1n) is 7.24. The van der Waals surface area contributed by atoms with Crippen molar-refractivity contribution >= 4 is 22.2 Å². The van der Waals surface area contributed by atoms with E-state index in [9.17, 15) is 0 Å². The largest absolute Gasteiger partial charge is 0.379 e. The van der Waals surface area contributed by atoms with Crippen LogP contribution in [0.2, 0.25) is 0 Å². The van der Waals surface area contributed by atoms with E-state index in [1.165, 1.54) is 22.0 Å². The molecule has 4 heteroatoms. The molecule has 1 aromatic carbocycles. The van der Waals surface area contributed by atoms with Gasteiger partial charge in [0.1, 0.15) is 0 Å². The lowest BCUT2D eigenvalue weighted by Gasteiger charge is -2.41. The minimum Gasteiger partial charge on any atom is -0.379 e. The Hall–Kier alpha value is -1.62. The zero-order valence-electron chi connectivity index (χ0n) is 11.8. The predicted molar refractivity (Wildman–Crippen MR) is 86.8 cm³/mol. The highest BCUT2D eigenvalue weighted by molar-refractivity contribution is 7.08. The maximum absolute atomic E-state index is 5.48. The molecular formula is C17H18N2OS. The Bertz CT molecular complexity index is 728. The van der Waals surface area contributed by atoms with Gasteiger partial charge in [0.25, 0.3) is 0 Å². The van der Waals surface area contributed by atoms with Gasteiger partial charge in [0, 0.05) is 30.2 Å². The molecule has 1 saturated heterocycles. The second kappa shape index (κ2) is 5.30. The van der Waals surface area contributed by atoms with Crippen LogP contribution in [0.5, 0.6) is 0 Å². The van der Waals surface area contributed by atoms with Gasteiger partial charge in [0.05, 0.1) is 18.6 Å². The Morgan fingerprint density at radius 2 is 2.14 bits per heavy atom. The van der Waals surface area contributed by atoms with Crippen molar-refractivity contribution in [2.75, 3.05) is 19.8 Å². The lowest BCUT2D eigenvalue weighted by molar-refractivity contribution is -0.0589. The maximum Gasteiger partial charge on any atom is 0.0598 e. The van der Waals surface area contributed by atoms with Crippen LogP contribution < -0.4 is 5.32 Å². The van der Waals surface area contributed by atoms with E-state index in [-0.39, 0.29) is 5.41 Å². The third kappa shape index (κ3) is 2.29. The summed E-state index contributed by atoms with van der Waals surface area (Å²) in [7, 11) is 0. The number of para-hydroxylation sites is 1. The van der Waals surface area contributed by atoms with Crippen LogP contribution in [0.15, 0.2) is 47.3 Å². The Balaban J connectivity index is 1.45. The normalized spacial score (nSPS) is 17.0. The Morgan fingerprint density at radius 3 is 2.90 bits per heavy atom. The fourth-order valence-electron chi connectivity index (χ4n) is 3.00. The van der Waals surface area contributed by atoms with Gasteiger partial charge >= 0.3 is 0 Å². The number of rotatable bonds is 5. The highest BCUT2D eigenvalue weighted by atomic mass is 32.1. The van der Waals surface area contributed by atoms with Crippen LogP contribution in [-0.4, -0.2) is 24.7 Å². The van der Waals surface area contributed by atoms with Gasteiger partial charge in [-0.2, -0.15) is 11.3 Å². The van der Waals surface area contributed by atoms with Crippen molar-refractivity contribution in [3.05, 3.63) is 58.4 Å². The molecule has 0 saturated carbocycles. The number of ether oxygens (including phenoxy) is 1. The number of H-pyrrole nitrogens is 1. The van der Waals surface area contributed by atoms with Gasteiger partial charge in [-0.1, -0.05) is 18.2 Å². The molecule has 3 aromatic rings. The first-order valence-corrected chi connectivity index (χ1v) is 8.18. The summed E-state index contributed by atoms with van der Waals surface area (Å²) in [5, 5.41) is 9.31. The first-order chi connectivity index (χ1) is 10.4. The molecule has 21 heavy (non-hydrogen) atoms. The second-order valence-electron chi connectivity index (χ2n) is 5.75. The van der Waals surface area contributed by atoms with Crippen LogP contribution in [-0.2, 0) is 16.7 Å². The highest BCUT2D eigenvalue weighted by Gasteiger charge is 2.40. The van der Waals surface area contributed by atoms with Crippen LogP contribution in [0.3, 0.4) is 0 Å². The van der Waals surface area contributed by atoms with Gasteiger partial charge < -0.3 is 15.0 Å². The Morgan fingerprint density at radius 1 is 1.24 bits per heavy atom. The van der Waals surface area contributed by atoms with Crippen LogP contribution in [0.4, 0.5) is 0 Å². The van der Waals surface area contributed by atoms with E-state index in [4.69, 9.17) is 4.74 Å². The summed E-state index contributed by atoms with van der Waals surface area (Å²) in [5.41, 5.74) is 4.11. The Kier molecular flexibility index (Phi) is 3.30. The molecule has 0 aliphatic carbocycles. The van der Waals surface area contributed by atoms with Crippen molar-refractivity contribution in [1.29, 1.82) is 0 Å². The average Bonchev–Trinajstić information content (AvgIpc) is 3.12. The van der Waals surface area contributed by atoms with Crippen LogP contribution in [0, 0.1) is 0 Å². The van der Waals surface area contributed by atoms with E-state index in [0.717, 1.165) is 26.3 Å². The molecule has 3 heterocycles. The minimum absolute atomic E-state index is 0.173. The molecule has 0 unspecified atom stereocenters. The molecular weight excluding hydrogens is 280 g/mol. The number of hydrogen-bond acceptors (Lipinski definition) is 3. The molecule has 4 rings (SSSR count). The maximum atomic E-state index is 5.48. The van der Waals surface area contributed by atoms with E-state index in [1.807, 2.05) is 0 Å². The lowest BCUT2D eigenvalue weighted by atomic mass is 9.80. The standard InChI is InChI=1S/C17H18N2OS/c1-2-4-16-15(3-1)13(8-19-16)7-18-10-17(11-20-12-17)14-5-6-21-9-14/h1-6,8-9,18-19H,7,10-12H2. The summed E-state index contributed by atoms with van der Waals surface area (Å²) in [4.78, 5) is 3.33. The van der Waals surface area contributed by atoms with Gasteiger partial charge in [-0.05, 0) is 34.0 Å². The molecule has 2 aromatic heterocycles. The van der Waals surface area contributed by atoms with Crippen molar-refractivity contribution < 1.29 is 4.74 Å². The fourth-order valence-corrected chi connectivity index (χ4v) is 3.78. The number of hydrogen-bond donors (Lipinski definition) is 2. The molecule has 0 amide bonds. The molecule has 2 N–H and O–H groups in total. The highest BCUT2D eigenvalue weighted by Crippen LogP contribution is 2.33. The summed E-state index contributed by atoms with van der Waals surface area (Å²) < 4.78 is 5.48. The van der Waals surface area contributed by atoms with E-state index >= 15 is 0 Å². The topological polar surface area (TPSA) is 37.0 Å². The van der Waals surface area contributed by atoms with Crippen LogP contribution in [0.1, 0.15) is 11.1 Å². The van der Waals surface area contributed by atoms with Gasteiger partial charge in [-0.15, -0.1) is 0 Å². The summed E-state index contributed by atoms with van der Waals surface area (Å²) in [6, 6.07) is 10.7. The number of thiophene rings is 1. The number of fused-ring (bicyclic) bond motifs is 1. The summed E-state index contributed by atoms with van der Waals surface area (Å²) in [5.74, 6) is 0. The van der Waals surface area contributed by atoms with Crippen molar-refractivity contribution in [2.24, 2.45) is 0 Å². The van der Waals surface area contributed by atoms with Crippen LogP contribution in [0.25, 0.3) is 10.9 Å². The zero-order valence-corrected chi connectivity index (χ0v) is 12.6. The summed E-state index contributed by atoms with van der Waals surface area (Å²) in [6.45, 7) is 3.49. The predicted octanol–water partition coefficient (Wildman–Crippen LogP) is 3.29. The molecule has 1 aliphatic rings. The van der Waals surface area contributed by atoms with E-state index in [1.54, 1.807) is 11.3 Å². The van der Waals surface area contributed by atoms with Gasteiger partial charge in [0.2, 0.25) is 0 Å². The molecule has 1 fully saturated rings. The van der Waals surface area contributed by atoms with E-state index in [0.29, 0.717) is 0 Å². The third-order valence-corrected chi connectivity index (χ3v) is 5.03. The second-order valence-corrected chi connectivity index (χ2v) is 6.53. The van der Waals surface area contributed by atoms with Crippen molar-refractivity contribution in [3.63, 3.8) is 0 Å². The third-order valence-electron chi connectivity index (χ3n) is 4.34. The van der Waals surface area contributed by atoms with E-state index in [2.05, 4.69) is 57.6 Å². The fraction of sp³-hybridized carbons (Fsp3) is 0.294. The molecule has 0 spiro atoms. The molecule has 3 nitrogen and oxygen atoms in total. The molecule has 108 valence electrons. The molecule has 0 radical (unpaired) electrons. The summed E-state index contributed by atoms with van der Waals surface area (Å²) >= 11 is 1.76. The zero-order chi connectivity index (χ0) is 14.1. The van der Waals surface area contributed by atoms with Gasteiger partial charge in [-0.25, -0.2) is 0 Å². The Labute approximate surface area is 128 Å². The molecule has 0 bridgehead atoms. The summed E-state index contributed by atoms with van der Waals surface area (Å²) in [6.07, 6.45) is 2.10. The molecule has 1 aliphatic heterocycles. The quantitative estimate of drug-likeness (QED) is 0.758. The average molecular weight is 298 g/mol. The first kappa shape index (κ1) is 13.1. The van der Waals surface area contributed by atoms with Crippen molar-refractivity contribution in [3.8, 4) is 0 Å². The number of aromatic amines is 1. The monoisotopic (exact) mass is 298 g/mol. The van der Waals surface area contributed by atoms with Crippen molar-refractivity contribution in [2.45, 2.75) is 12.0 Å². The number of nitrogens with one attached hydrogen (secondary N) is 2. The van der Waals surface area contributed by atoms with Gasteiger partial charge in [-0.3, -0.25) is 0 Å². The number of benzene rings is 1. The number of aromatic nitrogens is 1. The molecule has 0 atom stereocenters. The minimum atomic E-state index is 0.173. The van der Waals surface area contributed by atoms with E-state index < -0.39 is 0 Å².